The van der Waals surface area contributed by atoms with Gasteiger partial charge in [-0.05, 0) is 64.9 Å². The van der Waals surface area contributed by atoms with Crippen molar-refractivity contribution in [1.82, 2.24) is 26.2 Å². The summed E-state index contributed by atoms with van der Waals surface area (Å²) in [5.74, 6) is -0.0559. The van der Waals surface area contributed by atoms with Crippen LogP contribution in [0.4, 0.5) is 0 Å². The van der Waals surface area contributed by atoms with Gasteiger partial charge in [0.15, 0.2) is 0 Å². The predicted octanol–water partition coefficient (Wildman–Crippen LogP) is 1.90. The molecule has 12 nitrogen and oxygen atoms in total. The Morgan fingerprint density at radius 3 is 2.07 bits per heavy atom. The van der Waals surface area contributed by atoms with Gasteiger partial charge in [-0.1, -0.05) is 19.8 Å². The summed E-state index contributed by atoms with van der Waals surface area (Å²) >= 11 is 2.94. The first-order valence-electron chi connectivity index (χ1n) is 15.1. The third kappa shape index (κ3) is 15.6. The fourth-order valence-electron chi connectivity index (χ4n) is 4.08. The molecule has 4 N–H and O–H groups in total. The fourth-order valence-corrected chi connectivity index (χ4v) is 6.00. The van der Waals surface area contributed by atoms with Crippen LogP contribution in [0, 0.1) is 0 Å². The smallest absolute Gasteiger partial charge is 0.242 e. The van der Waals surface area contributed by atoms with E-state index >= 15 is 0 Å². The van der Waals surface area contributed by atoms with E-state index < -0.39 is 35.2 Å². The van der Waals surface area contributed by atoms with Crippen molar-refractivity contribution < 1.29 is 33.6 Å². The minimum Gasteiger partial charge on any atom is -0.345 e. The first-order chi connectivity index (χ1) is 20.4. The van der Waals surface area contributed by atoms with Gasteiger partial charge < -0.3 is 26.1 Å². The van der Waals surface area contributed by atoms with Crippen molar-refractivity contribution in [2.75, 3.05) is 23.9 Å². The number of imide groups is 1. The molecule has 0 spiro atoms. The zero-order valence-electron chi connectivity index (χ0n) is 26.1. The van der Waals surface area contributed by atoms with E-state index in [-0.39, 0.29) is 42.3 Å². The second-order valence-electron chi connectivity index (χ2n) is 10.8. The van der Waals surface area contributed by atoms with Gasteiger partial charge in [-0.25, -0.2) is 0 Å². The average molecular weight is 644 g/mol. The molecule has 244 valence electrons. The summed E-state index contributed by atoms with van der Waals surface area (Å²) < 4.78 is 0. The van der Waals surface area contributed by atoms with E-state index in [2.05, 4.69) is 21.3 Å². The lowest BCUT2D eigenvalue weighted by molar-refractivity contribution is -0.138. The molecule has 1 aliphatic heterocycles. The van der Waals surface area contributed by atoms with E-state index in [1.807, 2.05) is 6.92 Å². The number of carbonyl (C=O) groups excluding carboxylic acids is 7. The highest BCUT2D eigenvalue weighted by Crippen LogP contribution is 2.26. The Kier molecular flexibility index (Phi) is 18.9. The number of ketones is 1. The third-order valence-electron chi connectivity index (χ3n) is 6.75. The zero-order chi connectivity index (χ0) is 32.4. The molecule has 43 heavy (non-hydrogen) atoms. The summed E-state index contributed by atoms with van der Waals surface area (Å²) in [5, 5.41) is 10.1. The Morgan fingerprint density at radius 1 is 0.814 bits per heavy atom. The van der Waals surface area contributed by atoms with Gasteiger partial charge in [-0.2, -0.15) is 0 Å². The second-order valence-corrected chi connectivity index (χ2v) is 13.2. The maximum atomic E-state index is 12.5. The molecule has 0 aromatic rings. The van der Waals surface area contributed by atoms with Crippen LogP contribution in [0.25, 0.3) is 0 Å². The number of hydrogen-bond acceptors (Lipinski definition) is 9. The fraction of sp³-hybridized carbons (Fsp3) is 0.759. The Bertz CT molecular complexity index is 981. The summed E-state index contributed by atoms with van der Waals surface area (Å²) in [7, 11) is 0. The van der Waals surface area contributed by atoms with Crippen LogP contribution in [-0.2, 0) is 33.6 Å². The number of rotatable bonds is 22. The Hall–Kier alpha value is -2.61. The second kappa shape index (κ2) is 21.2. The number of nitrogens with one attached hydrogen (secondary N) is 4. The summed E-state index contributed by atoms with van der Waals surface area (Å²) in [6.45, 7) is 8.59. The number of hydrogen-bond donors (Lipinski definition) is 4. The maximum absolute atomic E-state index is 12.5. The van der Waals surface area contributed by atoms with Crippen LogP contribution in [-0.4, -0.2) is 93.4 Å². The predicted molar refractivity (Wildman–Crippen MR) is 169 cm³/mol. The Labute approximate surface area is 263 Å². The lowest BCUT2D eigenvalue weighted by Crippen LogP contribution is -2.54. The molecule has 0 aromatic heterocycles. The summed E-state index contributed by atoms with van der Waals surface area (Å²) in [5.41, 5.74) is 0. The van der Waals surface area contributed by atoms with Crippen LogP contribution in [0.1, 0.15) is 92.4 Å². The molecule has 1 heterocycles. The van der Waals surface area contributed by atoms with Gasteiger partial charge >= 0.3 is 0 Å². The largest absolute Gasteiger partial charge is 0.345 e. The molecular weight excluding hydrogens is 594 g/mol. The normalized spacial score (nSPS) is 16.8. The lowest BCUT2D eigenvalue weighted by atomic mass is 10.2. The highest BCUT2D eigenvalue weighted by molar-refractivity contribution is 8.00. The van der Waals surface area contributed by atoms with E-state index in [4.69, 9.17) is 0 Å². The number of thioether (sulfide) groups is 2. The van der Waals surface area contributed by atoms with Gasteiger partial charge in [0.1, 0.15) is 23.9 Å². The number of nitrogens with zero attached hydrogens (tertiary/aromatic N) is 1. The van der Waals surface area contributed by atoms with E-state index in [1.54, 1.807) is 25.6 Å². The summed E-state index contributed by atoms with van der Waals surface area (Å²) in [4.78, 5) is 86.3. The van der Waals surface area contributed by atoms with Crippen molar-refractivity contribution in [1.29, 1.82) is 0 Å². The molecule has 0 bridgehead atoms. The van der Waals surface area contributed by atoms with Crippen LogP contribution < -0.4 is 21.3 Å². The molecular formula is C29H49N5O7S2. The van der Waals surface area contributed by atoms with Crippen molar-refractivity contribution in [3.63, 3.8) is 0 Å². The molecule has 0 aromatic carbocycles. The van der Waals surface area contributed by atoms with Crippen LogP contribution in [0.15, 0.2) is 0 Å². The third-order valence-corrected chi connectivity index (χ3v) is 8.97. The van der Waals surface area contributed by atoms with Gasteiger partial charge in [0.2, 0.25) is 35.4 Å². The van der Waals surface area contributed by atoms with Crippen LogP contribution in [0.2, 0.25) is 0 Å². The van der Waals surface area contributed by atoms with Crippen molar-refractivity contribution in [3.05, 3.63) is 0 Å². The van der Waals surface area contributed by atoms with Gasteiger partial charge in [-0.15, -0.1) is 23.5 Å². The van der Waals surface area contributed by atoms with Crippen LogP contribution >= 0.6 is 23.5 Å². The van der Waals surface area contributed by atoms with Gasteiger partial charge in [-0.3, -0.25) is 33.7 Å². The van der Waals surface area contributed by atoms with Crippen molar-refractivity contribution in [3.8, 4) is 0 Å². The summed E-state index contributed by atoms with van der Waals surface area (Å²) in [6.07, 6.45) is 5.90. The molecule has 1 fully saturated rings. The van der Waals surface area contributed by atoms with Gasteiger partial charge in [0.25, 0.3) is 0 Å². The molecule has 14 heteroatoms. The molecule has 4 atom stereocenters. The van der Waals surface area contributed by atoms with E-state index in [0.717, 1.165) is 37.9 Å². The standard InChI is InChI=1S/C29H49N5O7S2/c1-6-7-14-34-25(37)17-23(29(34)41)43-16-11-13-24(36)31-21(4)27(39)33-22(5)28(40)32-20(3)26(38)30-18-42-15-10-8-9-12-19(2)35/h20-23H,6-18H2,1-5H3,(H,30,38)(H,31,36)(H,32,40)(H,33,39). The molecule has 1 aliphatic rings. The highest BCUT2D eigenvalue weighted by Gasteiger charge is 2.38. The topological polar surface area (TPSA) is 171 Å². The SMILES string of the molecule is CCCCN1C(=O)CC(SCCCC(=O)NC(C)C(=O)NC(C)C(=O)NC(C)C(=O)NCSCCCCCC(C)=O)C1=O. The Balaban J connectivity index is 2.25. The number of carbonyl (C=O) groups is 7. The molecule has 0 saturated carbocycles. The van der Waals surface area contributed by atoms with Crippen molar-refractivity contribution >= 4 is 64.8 Å². The quantitative estimate of drug-likeness (QED) is 0.0782. The highest BCUT2D eigenvalue weighted by atomic mass is 32.2. The first kappa shape index (κ1) is 38.4. The number of Topliss-reactive ketones (excluding diaryl/α,β-unsaturated/α-hetero) is 1. The molecule has 1 saturated heterocycles. The maximum Gasteiger partial charge on any atom is 0.242 e. The first-order valence-corrected chi connectivity index (χ1v) is 17.3. The number of unbranched alkanes of at least 4 members (excludes halogenated alkanes) is 3. The van der Waals surface area contributed by atoms with Crippen LogP contribution in [0.3, 0.4) is 0 Å². The molecule has 1 rings (SSSR count). The average Bonchev–Trinajstić information content (AvgIpc) is 3.22. The van der Waals surface area contributed by atoms with Crippen molar-refractivity contribution in [2.45, 2.75) is 116 Å². The molecule has 6 amide bonds. The molecule has 4 unspecified atom stereocenters. The Morgan fingerprint density at radius 2 is 1.44 bits per heavy atom. The van der Waals surface area contributed by atoms with E-state index in [9.17, 15) is 33.6 Å². The monoisotopic (exact) mass is 643 g/mol. The van der Waals surface area contributed by atoms with E-state index in [0.29, 0.717) is 31.0 Å². The van der Waals surface area contributed by atoms with Gasteiger partial charge in [0.05, 0.1) is 11.1 Å². The summed E-state index contributed by atoms with van der Waals surface area (Å²) in [6, 6.07) is -2.60. The number of amides is 6. The zero-order valence-corrected chi connectivity index (χ0v) is 27.8. The molecule has 0 aliphatic carbocycles. The number of likely N-dealkylation sites (tertiary alicyclic amines) is 1. The van der Waals surface area contributed by atoms with Gasteiger partial charge in [0, 0.05) is 25.8 Å². The minimum absolute atomic E-state index is 0.145. The van der Waals surface area contributed by atoms with Crippen molar-refractivity contribution in [2.24, 2.45) is 0 Å². The minimum atomic E-state index is -0.925. The van der Waals surface area contributed by atoms with Crippen LogP contribution in [0.5, 0.6) is 0 Å². The van der Waals surface area contributed by atoms with E-state index in [1.165, 1.54) is 30.5 Å². The molecule has 0 radical (unpaired) electrons. The lowest BCUT2D eigenvalue weighted by Gasteiger charge is -2.20.